The van der Waals surface area contributed by atoms with Crippen molar-refractivity contribution in [3.05, 3.63) is 35.4 Å². The van der Waals surface area contributed by atoms with Crippen molar-refractivity contribution in [2.45, 2.75) is 77.2 Å². The van der Waals surface area contributed by atoms with E-state index in [2.05, 4.69) is 29.0 Å². The lowest BCUT2D eigenvalue weighted by molar-refractivity contribution is 0.00716. The molecule has 156 valence electrons. The fourth-order valence-corrected chi connectivity index (χ4v) is 5.13. The Morgan fingerprint density at radius 2 is 1.79 bits per heavy atom. The number of amides is 1. The standard InChI is InChI=1S/C22H34N2O3S/c1-20(2,3)27-19(25)24-13-11-22(12-14-24)15-16-9-7-8-10-17(16)18(22)23-28(26)21(4,5)6/h7-10,18,23H,11-15H2,1-6H3/t18-,28?/m0/s1. The molecular weight excluding hydrogens is 372 g/mol. The summed E-state index contributed by atoms with van der Waals surface area (Å²) in [4.78, 5) is 14.3. The highest BCUT2D eigenvalue weighted by molar-refractivity contribution is 7.90. The third-order valence-electron chi connectivity index (χ3n) is 5.71. The highest BCUT2D eigenvalue weighted by Crippen LogP contribution is 2.52. The van der Waals surface area contributed by atoms with Crippen LogP contribution in [-0.4, -0.2) is 39.0 Å². The highest BCUT2D eigenvalue weighted by atomic mass is 32.2. The van der Waals surface area contributed by atoms with Crippen LogP contribution in [-0.2, 0) is 22.5 Å². The topological polar surface area (TPSA) is 64.6 Å². The van der Waals surface area contributed by atoms with E-state index in [1.165, 1.54) is 11.1 Å². The summed E-state index contributed by atoms with van der Waals surface area (Å²) in [5.41, 5.74) is 2.09. The van der Waals surface area contributed by atoms with Gasteiger partial charge in [-0.1, -0.05) is 24.3 Å². The number of hydrogen-bond donors (Lipinski definition) is 1. The summed E-state index contributed by atoms with van der Waals surface area (Å²) < 4.78 is 21.6. The maximum Gasteiger partial charge on any atom is 0.410 e. The minimum absolute atomic E-state index is 0.0108. The van der Waals surface area contributed by atoms with Crippen molar-refractivity contribution in [2.24, 2.45) is 5.41 Å². The van der Waals surface area contributed by atoms with Crippen molar-refractivity contribution in [1.29, 1.82) is 0 Å². The zero-order valence-corrected chi connectivity index (χ0v) is 18.8. The van der Waals surface area contributed by atoms with Crippen molar-refractivity contribution in [3.63, 3.8) is 0 Å². The van der Waals surface area contributed by atoms with Gasteiger partial charge in [0.2, 0.25) is 0 Å². The number of likely N-dealkylation sites (tertiary alicyclic amines) is 1. The number of rotatable bonds is 2. The van der Waals surface area contributed by atoms with Crippen LogP contribution in [0.5, 0.6) is 0 Å². The second-order valence-electron chi connectivity index (χ2n) is 10.1. The van der Waals surface area contributed by atoms with Crippen LogP contribution in [0.3, 0.4) is 0 Å². The molecule has 1 aromatic rings. The highest BCUT2D eigenvalue weighted by Gasteiger charge is 2.51. The zero-order valence-electron chi connectivity index (χ0n) is 18.0. The lowest BCUT2D eigenvalue weighted by Crippen LogP contribution is -2.51. The maximum absolute atomic E-state index is 12.9. The monoisotopic (exact) mass is 406 g/mol. The van der Waals surface area contributed by atoms with Crippen LogP contribution in [0.4, 0.5) is 4.79 Å². The number of fused-ring (bicyclic) bond motifs is 1. The molecule has 0 radical (unpaired) electrons. The van der Waals surface area contributed by atoms with Gasteiger partial charge in [0, 0.05) is 29.9 Å². The normalized spacial score (nSPS) is 22.8. The molecule has 1 aromatic carbocycles. The molecule has 1 fully saturated rings. The lowest BCUT2D eigenvalue weighted by atomic mass is 9.73. The van der Waals surface area contributed by atoms with E-state index in [0.29, 0.717) is 13.1 Å². The van der Waals surface area contributed by atoms with E-state index < -0.39 is 17.0 Å². The molecule has 1 unspecified atom stereocenters. The number of nitrogens with zero attached hydrogens (tertiary/aromatic N) is 1. The van der Waals surface area contributed by atoms with Gasteiger partial charge in [-0.3, -0.25) is 0 Å². The van der Waals surface area contributed by atoms with Gasteiger partial charge < -0.3 is 14.2 Å². The second-order valence-corrected chi connectivity index (χ2v) is 12.1. The van der Waals surface area contributed by atoms with E-state index in [1.54, 1.807) is 0 Å². The first-order valence-electron chi connectivity index (χ1n) is 10.2. The quantitative estimate of drug-likeness (QED) is 0.742. The predicted molar refractivity (Wildman–Crippen MR) is 113 cm³/mol. The molecular formula is C22H34N2O3S. The van der Waals surface area contributed by atoms with E-state index >= 15 is 0 Å². The van der Waals surface area contributed by atoms with Gasteiger partial charge in [-0.05, 0) is 71.9 Å². The van der Waals surface area contributed by atoms with Crippen molar-refractivity contribution in [3.8, 4) is 0 Å². The smallest absolute Gasteiger partial charge is 0.410 e. The van der Waals surface area contributed by atoms with E-state index in [4.69, 9.17) is 4.74 Å². The van der Waals surface area contributed by atoms with Crippen molar-refractivity contribution < 1.29 is 14.1 Å². The molecule has 0 saturated carbocycles. The van der Waals surface area contributed by atoms with Gasteiger partial charge in [0.05, 0.1) is 6.04 Å². The molecule has 1 saturated heterocycles. The fourth-order valence-electron chi connectivity index (χ4n) is 4.19. The summed E-state index contributed by atoms with van der Waals surface area (Å²) in [7, 11) is 0. The number of benzene rings is 1. The molecule has 0 bridgehead atoms. The van der Waals surface area contributed by atoms with Gasteiger partial charge >= 0.3 is 6.09 Å². The Labute approximate surface area is 172 Å². The average molecular weight is 407 g/mol. The van der Waals surface area contributed by atoms with Gasteiger partial charge in [0.1, 0.15) is 10.3 Å². The molecule has 1 amide bonds. The molecule has 1 aliphatic heterocycles. The third kappa shape index (κ3) is 4.50. The molecule has 2 atom stereocenters. The van der Waals surface area contributed by atoms with Crippen molar-refractivity contribution >= 4 is 17.5 Å². The first-order valence-corrected chi connectivity index (χ1v) is 11.3. The Bertz CT molecular complexity index is 715. The van der Waals surface area contributed by atoms with Crippen LogP contribution in [0.25, 0.3) is 0 Å². The second kappa shape index (κ2) is 7.54. The average Bonchev–Trinajstić information content (AvgIpc) is 2.86. The summed E-state index contributed by atoms with van der Waals surface area (Å²) in [6.45, 7) is 13.0. The van der Waals surface area contributed by atoms with Gasteiger partial charge in [-0.15, -0.1) is 4.72 Å². The lowest BCUT2D eigenvalue weighted by Gasteiger charge is -2.43. The predicted octanol–water partition coefficient (Wildman–Crippen LogP) is 4.35. The van der Waals surface area contributed by atoms with E-state index in [9.17, 15) is 9.35 Å². The van der Waals surface area contributed by atoms with Crippen molar-refractivity contribution in [2.75, 3.05) is 13.1 Å². The first-order chi connectivity index (χ1) is 12.9. The van der Waals surface area contributed by atoms with E-state index in [0.717, 1.165) is 19.3 Å². The van der Waals surface area contributed by atoms with Crippen LogP contribution < -0.4 is 4.72 Å². The van der Waals surface area contributed by atoms with Crippen LogP contribution in [0.2, 0.25) is 0 Å². The van der Waals surface area contributed by atoms with Crippen LogP contribution in [0, 0.1) is 5.41 Å². The molecule has 1 N–H and O–H groups in total. The Morgan fingerprint density at radius 3 is 2.36 bits per heavy atom. The Balaban J connectivity index is 1.78. The maximum atomic E-state index is 12.9. The molecule has 28 heavy (non-hydrogen) atoms. The number of carbonyl (C=O) groups excluding carboxylic acids is 1. The minimum atomic E-state index is -1.15. The number of ether oxygens (including phenoxy) is 1. The van der Waals surface area contributed by atoms with Gasteiger partial charge in [-0.25, -0.2) is 4.79 Å². The zero-order chi connectivity index (χ0) is 20.7. The van der Waals surface area contributed by atoms with Crippen molar-refractivity contribution in [1.82, 2.24) is 9.62 Å². The Morgan fingerprint density at radius 1 is 1.18 bits per heavy atom. The SMILES string of the molecule is CC(C)(C)OC(=O)N1CCC2(CC1)Cc1ccccc1[C@@H]2N[S+]([O-])C(C)(C)C. The van der Waals surface area contributed by atoms with E-state index in [-0.39, 0.29) is 22.3 Å². The molecule has 5 nitrogen and oxygen atoms in total. The number of nitrogens with one attached hydrogen (secondary N) is 1. The largest absolute Gasteiger partial charge is 0.598 e. The molecule has 2 aliphatic rings. The van der Waals surface area contributed by atoms with Crippen LogP contribution in [0.15, 0.2) is 24.3 Å². The molecule has 6 heteroatoms. The van der Waals surface area contributed by atoms with Crippen LogP contribution >= 0.6 is 0 Å². The molecule has 3 rings (SSSR count). The summed E-state index contributed by atoms with van der Waals surface area (Å²) in [6.07, 6.45) is 2.48. The minimum Gasteiger partial charge on any atom is -0.598 e. The van der Waals surface area contributed by atoms with E-state index in [1.807, 2.05) is 46.4 Å². The fraction of sp³-hybridized carbons (Fsp3) is 0.682. The van der Waals surface area contributed by atoms with Gasteiger partial charge in [0.25, 0.3) is 0 Å². The molecule has 0 aromatic heterocycles. The molecule has 1 aliphatic carbocycles. The molecule has 1 heterocycles. The summed E-state index contributed by atoms with van der Waals surface area (Å²) in [6, 6.07) is 8.51. The van der Waals surface area contributed by atoms with Crippen LogP contribution in [0.1, 0.15) is 71.6 Å². The number of piperidine rings is 1. The number of hydrogen-bond acceptors (Lipinski definition) is 4. The van der Waals surface area contributed by atoms with Gasteiger partial charge in [-0.2, -0.15) is 0 Å². The Hall–Kier alpha value is -1.24. The summed E-state index contributed by atoms with van der Waals surface area (Å²) in [5.74, 6) is 0. The molecule has 1 spiro atoms. The third-order valence-corrected chi connectivity index (χ3v) is 7.28. The number of carbonyl (C=O) groups is 1. The van der Waals surface area contributed by atoms with Gasteiger partial charge in [0.15, 0.2) is 0 Å². The summed E-state index contributed by atoms with van der Waals surface area (Å²) >= 11 is -1.15. The first kappa shape index (κ1) is 21.5. The summed E-state index contributed by atoms with van der Waals surface area (Å²) in [5, 5.41) is 0. The Kier molecular flexibility index (Phi) is 5.78.